The van der Waals surface area contributed by atoms with Crippen LogP contribution in [-0.4, -0.2) is 32.6 Å². The van der Waals surface area contributed by atoms with Gasteiger partial charge in [0.25, 0.3) is 0 Å². The summed E-state index contributed by atoms with van der Waals surface area (Å²) in [6, 6.07) is 15.2. The summed E-state index contributed by atoms with van der Waals surface area (Å²) in [6.07, 6.45) is 0.521. The third-order valence-corrected chi connectivity index (χ3v) is 5.62. The van der Waals surface area contributed by atoms with Crippen LogP contribution in [0.25, 0.3) is 0 Å². The van der Waals surface area contributed by atoms with Crippen molar-refractivity contribution in [3.8, 4) is 5.75 Å². The van der Waals surface area contributed by atoms with Gasteiger partial charge in [-0.2, -0.15) is 0 Å². The number of esters is 1. The Morgan fingerprint density at radius 2 is 1.68 bits per heavy atom. The van der Waals surface area contributed by atoms with E-state index in [9.17, 15) is 13.2 Å². The van der Waals surface area contributed by atoms with Crippen LogP contribution < -0.4 is 9.46 Å². The minimum absolute atomic E-state index is 0.242. The molecule has 1 atom stereocenters. The van der Waals surface area contributed by atoms with E-state index in [4.69, 9.17) is 9.47 Å². The number of carbonyl (C=O) groups is 1. The summed E-state index contributed by atoms with van der Waals surface area (Å²) >= 11 is 0. The Bertz CT molecular complexity index is 877. The van der Waals surface area contributed by atoms with Gasteiger partial charge in [0.05, 0.1) is 11.5 Å². The molecule has 0 aliphatic rings. The molecule has 0 spiro atoms. The van der Waals surface area contributed by atoms with E-state index >= 15 is 0 Å². The van der Waals surface area contributed by atoms with Gasteiger partial charge in [0.1, 0.15) is 5.75 Å². The van der Waals surface area contributed by atoms with Crippen molar-refractivity contribution in [3.63, 3.8) is 0 Å². The maximum absolute atomic E-state index is 12.4. The van der Waals surface area contributed by atoms with Gasteiger partial charge in [-0.25, -0.2) is 17.9 Å². The van der Waals surface area contributed by atoms with Crippen LogP contribution in [0.1, 0.15) is 33.3 Å². The quantitative estimate of drug-likeness (QED) is 0.647. The minimum atomic E-state index is -3.55. The molecule has 0 aliphatic heterocycles. The van der Waals surface area contributed by atoms with Crippen LogP contribution in [0.4, 0.5) is 0 Å². The molecule has 0 radical (unpaired) electrons. The first-order valence-electron chi connectivity index (χ1n) is 9.16. The van der Waals surface area contributed by atoms with E-state index < -0.39 is 21.6 Å². The summed E-state index contributed by atoms with van der Waals surface area (Å²) in [6.45, 7) is 7.16. The van der Waals surface area contributed by atoms with E-state index in [0.29, 0.717) is 18.8 Å². The zero-order valence-electron chi connectivity index (χ0n) is 16.6. The Kier molecular flexibility index (Phi) is 7.21. The third-order valence-electron chi connectivity index (χ3n) is 4.02. The summed E-state index contributed by atoms with van der Waals surface area (Å²) in [5.74, 6) is 0.113. The number of hydrogen-bond acceptors (Lipinski definition) is 5. The van der Waals surface area contributed by atoms with Crippen LogP contribution in [0.3, 0.4) is 0 Å². The summed E-state index contributed by atoms with van der Waals surface area (Å²) in [5, 5.41) is 0. The van der Waals surface area contributed by atoms with Crippen molar-refractivity contribution in [2.24, 2.45) is 0 Å². The lowest BCUT2D eigenvalue weighted by Gasteiger charge is -2.24. The van der Waals surface area contributed by atoms with Crippen molar-refractivity contribution in [3.05, 3.63) is 60.2 Å². The zero-order chi connectivity index (χ0) is 20.8. The maximum atomic E-state index is 12.4. The Morgan fingerprint density at radius 3 is 2.25 bits per heavy atom. The van der Waals surface area contributed by atoms with Crippen LogP contribution in [-0.2, 0) is 26.0 Å². The summed E-state index contributed by atoms with van der Waals surface area (Å²) in [5.41, 5.74) is -0.139. The Labute approximate surface area is 166 Å². The Balaban J connectivity index is 1.97. The van der Waals surface area contributed by atoms with Crippen molar-refractivity contribution in [1.29, 1.82) is 0 Å². The zero-order valence-corrected chi connectivity index (χ0v) is 17.5. The van der Waals surface area contributed by atoms with Crippen LogP contribution >= 0.6 is 0 Å². The Hall–Kier alpha value is -2.38. The molecule has 2 rings (SSSR count). The van der Waals surface area contributed by atoms with Crippen LogP contribution in [0.5, 0.6) is 5.75 Å². The maximum Gasteiger partial charge on any atom is 0.349 e. The van der Waals surface area contributed by atoms with Crippen molar-refractivity contribution in [2.75, 3.05) is 6.61 Å². The summed E-state index contributed by atoms with van der Waals surface area (Å²) < 4.78 is 38.2. The third kappa shape index (κ3) is 6.07. The SMILES string of the molecule is CCOC(=O)C(C)(C)Oc1ccc(C[C@H](C)NS(=O)(=O)c2ccccc2)cc1. The van der Waals surface area contributed by atoms with Gasteiger partial charge in [-0.1, -0.05) is 30.3 Å². The van der Waals surface area contributed by atoms with E-state index in [-0.39, 0.29) is 10.9 Å². The molecule has 0 amide bonds. The first kappa shape index (κ1) is 21.9. The second-order valence-electron chi connectivity index (χ2n) is 7.02. The summed E-state index contributed by atoms with van der Waals surface area (Å²) in [7, 11) is -3.55. The molecule has 0 aromatic heterocycles. The van der Waals surface area contributed by atoms with Gasteiger partial charge in [0.2, 0.25) is 10.0 Å². The monoisotopic (exact) mass is 405 g/mol. The number of benzene rings is 2. The molecule has 7 heteroatoms. The number of sulfonamides is 1. The molecule has 28 heavy (non-hydrogen) atoms. The predicted octanol–water partition coefficient (Wildman–Crippen LogP) is 3.32. The highest BCUT2D eigenvalue weighted by Gasteiger charge is 2.31. The van der Waals surface area contributed by atoms with Crippen LogP contribution in [0.15, 0.2) is 59.5 Å². The molecular weight excluding hydrogens is 378 g/mol. The lowest BCUT2D eigenvalue weighted by molar-refractivity contribution is -0.158. The van der Waals surface area contributed by atoms with Crippen molar-refractivity contribution >= 4 is 16.0 Å². The fourth-order valence-electron chi connectivity index (χ4n) is 2.66. The second-order valence-corrected chi connectivity index (χ2v) is 8.73. The van der Waals surface area contributed by atoms with Gasteiger partial charge in [-0.15, -0.1) is 0 Å². The molecule has 1 N–H and O–H groups in total. The minimum Gasteiger partial charge on any atom is -0.476 e. The largest absolute Gasteiger partial charge is 0.476 e. The first-order chi connectivity index (χ1) is 13.1. The second kappa shape index (κ2) is 9.21. The van der Waals surface area contributed by atoms with Gasteiger partial charge in [0.15, 0.2) is 5.60 Å². The van der Waals surface area contributed by atoms with Crippen molar-refractivity contribution in [2.45, 2.75) is 50.7 Å². The van der Waals surface area contributed by atoms with Crippen LogP contribution in [0.2, 0.25) is 0 Å². The predicted molar refractivity (Wildman–Crippen MR) is 108 cm³/mol. The number of nitrogens with one attached hydrogen (secondary N) is 1. The average Bonchev–Trinajstić information content (AvgIpc) is 2.63. The molecule has 0 bridgehead atoms. The molecule has 0 fully saturated rings. The van der Waals surface area contributed by atoms with E-state index in [0.717, 1.165) is 5.56 Å². The highest BCUT2D eigenvalue weighted by Crippen LogP contribution is 2.21. The number of hydrogen-bond donors (Lipinski definition) is 1. The van der Waals surface area contributed by atoms with Gasteiger partial charge in [-0.05, 0) is 63.9 Å². The van der Waals surface area contributed by atoms with Crippen molar-refractivity contribution in [1.82, 2.24) is 4.72 Å². The molecule has 0 saturated heterocycles. The van der Waals surface area contributed by atoms with Crippen LogP contribution in [0, 0.1) is 0 Å². The topological polar surface area (TPSA) is 81.7 Å². The molecular formula is C21H27NO5S. The fourth-order valence-corrected chi connectivity index (χ4v) is 3.93. The molecule has 152 valence electrons. The number of ether oxygens (including phenoxy) is 2. The van der Waals surface area contributed by atoms with E-state index in [1.807, 2.05) is 19.1 Å². The molecule has 0 aliphatic carbocycles. The van der Waals surface area contributed by atoms with Gasteiger partial charge >= 0.3 is 5.97 Å². The normalized spacial score (nSPS) is 13.0. The molecule has 2 aromatic rings. The van der Waals surface area contributed by atoms with Crippen molar-refractivity contribution < 1.29 is 22.7 Å². The van der Waals surface area contributed by atoms with Gasteiger partial charge in [-0.3, -0.25) is 0 Å². The average molecular weight is 406 g/mol. The molecule has 0 heterocycles. The van der Waals surface area contributed by atoms with Gasteiger partial charge in [0, 0.05) is 6.04 Å². The molecule has 0 unspecified atom stereocenters. The van der Waals surface area contributed by atoms with E-state index in [1.54, 1.807) is 63.2 Å². The highest BCUT2D eigenvalue weighted by atomic mass is 32.2. The lowest BCUT2D eigenvalue weighted by atomic mass is 10.1. The highest BCUT2D eigenvalue weighted by molar-refractivity contribution is 7.89. The smallest absolute Gasteiger partial charge is 0.349 e. The summed E-state index contributed by atoms with van der Waals surface area (Å²) in [4.78, 5) is 12.2. The Morgan fingerprint density at radius 1 is 1.07 bits per heavy atom. The number of carbonyl (C=O) groups excluding carboxylic acids is 1. The molecule has 0 saturated carbocycles. The lowest BCUT2D eigenvalue weighted by Crippen LogP contribution is -2.39. The fraction of sp³-hybridized carbons (Fsp3) is 0.381. The first-order valence-corrected chi connectivity index (χ1v) is 10.6. The number of rotatable bonds is 9. The molecule has 2 aromatic carbocycles. The van der Waals surface area contributed by atoms with Gasteiger partial charge < -0.3 is 9.47 Å². The van der Waals surface area contributed by atoms with E-state index in [2.05, 4.69) is 4.72 Å². The standard InChI is InChI=1S/C21H27NO5S/c1-5-26-20(23)21(3,4)27-18-13-11-17(12-14-18)15-16(2)22-28(24,25)19-9-7-6-8-10-19/h6-14,16,22H,5,15H2,1-4H3/t16-/m0/s1. The molecule has 6 nitrogen and oxygen atoms in total. The van der Waals surface area contributed by atoms with E-state index in [1.165, 1.54) is 0 Å².